The van der Waals surface area contributed by atoms with E-state index in [9.17, 15) is 4.79 Å². The van der Waals surface area contributed by atoms with Gasteiger partial charge in [-0.2, -0.15) is 0 Å². The van der Waals surface area contributed by atoms with Crippen LogP contribution in [-0.4, -0.2) is 17.6 Å². The summed E-state index contributed by atoms with van der Waals surface area (Å²) in [6, 6.07) is 3.73. The molecule has 0 bridgehead atoms. The Morgan fingerprint density at radius 1 is 1.60 bits per heavy atom. The average molecular weight is 286 g/mol. The van der Waals surface area contributed by atoms with E-state index in [1.165, 1.54) is 11.3 Å². The molecule has 0 fully saturated rings. The van der Waals surface area contributed by atoms with Crippen molar-refractivity contribution in [3.8, 4) is 0 Å². The second-order valence-corrected chi connectivity index (χ2v) is 4.83. The Bertz CT molecular complexity index is 509. The molecule has 0 atom stereocenters. The van der Waals surface area contributed by atoms with Crippen molar-refractivity contribution in [2.24, 2.45) is 0 Å². The van der Waals surface area contributed by atoms with Crippen molar-refractivity contribution in [1.29, 1.82) is 0 Å². The summed E-state index contributed by atoms with van der Waals surface area (Å²) in [5.74, 6) is -0.281. The van der Waals surface area contributed by atoms with Crippen LogP contribution in [0.4, 0.5) is 0 Å². The molecule has 0 N–H and O–H groups in total. The van der Waals surface area contributed by atoms with E-state index in [0.29, 0.717) is 11.5 Å². The summed E-state index contributed by atoms with van der Waals surface area (Å²) < 4.78 is 5.83. The lowest BCUT2D eigenvalue weighted by atomic mass is 10.3. The van der Waals surface area contributed by atoms with Crippen molar-refractivity contribution in [2.45, 2.75) is 6.92 Å². The summed E-state index contributed by atoms with van der Waals surface area (Å²) in [6.07, 6.45) is 1.72. The lowest BCUT2D eigenvalue weighted by molar-refractivity contribution is 0.0532. The van der Waals surface area contributed by atoms with Crippen molar-refractivity contribution in [1.82, 2.24) is 4.98 Å². The number of pyridine rings is 1. The van der Waals surface area contributed by atoms with Crippen LogP contribution in [0, 0.1) is 0 Å². The number of thiophene rings is 1. The molecule has 78 valence electrons. The maximum Gasteiger partial charge on any atom is 0.348 e. The number of ether oxygens (including phenoxy) is 1. The first-order chi connectivity index (χ1) is 7.20. The number of aromatic nitrogens is 1. The Morgan fingerprint density at radius 2 is 2.40 bits per heavy atom. The molecule has 3 nitrogen and oxygen atoms in total. The zero-order valence-electron chi connectivity index (χ0n) is 7.99. The summed E-state index contributed by atoms with van der Waals surface area (Å²) in [6.45, 7) is 2.18. The number of halogens is 1. The number of rotatable bonds is 2. The molecular formula is C10H8BrNO2S. The van der Waals surface area contributed by atoms with E-state index in [2.05, 4.69) is 20.9 Å². The molecule has 0 aliphatic heterocycles. The highest BCUT2D eigenvalue weighted by atomic mass is 79.9. The van der Waals surface area contributed by atoms with Gasteiger partial charge in [0.05, 0.1) is 6.61 Å². The van der Waals surface area contributed by atoms with Gasteiger partial charge in [0.2, 0.25) is 0 Å². The molecule has 0 aliphatic carbocycles. The van der Waals surface area contributed by atoms with Gasteiger partial charge in [0.25, 0.3) is 0 Å². The standard InChI is InChI=1S/C10H8BrNO2S/c1-2-14-10(13)8-4-6-3-7(11)5-12-9(6)15-8/h3-5H,2H2,1H3. The smallest absolute Gasteiger partial charge is 0.348 e. The Morgan fingerprint density at radius 3 is 3.13 bits per heavy atom. The van der Waals surface area contributed by atoms with Gasteiger partial charge in [-0.05, 0) is 35.0 Å². The number of hydrogen-bond acceptors (Lipinski definition) is 4. The number of nitrogens with zero attached hydrogens (tertiary/aromatic N) is 1. The van der Waals surface area contributed by atoms with Crippen LogP contribution in [0.25, 0.3) is 10.2 Å². The second-order valence-electron chi connectivity index (χ2n) is 2.88. The third kappa shape index (κ3) is 2.18. The molecule has 0 saturated heterocycles. The molecule has 0 spiro atoms. The molecule has 2 aromatic heterocycles. The summed E-state index contributed by atoms with van der Waals surface area (Å²) in [7, 11) is 0. The first-order valence-corrected chi connectivity index (χ1v) is 6.04. The Kier molecular flexibility index (Phi) is 3.02. The minimum Gasteiger partial charge on any atom is -0.462 e. The van der Waals surface area contributed by atoms with Gasteiger partial charge >= 0.3 is 5.97 Å². The summed E-state index contributed by atoms with van der Waals surface area (Å²) in [4.78, 5) is 17.1. The minimum atomic E-state index is -0.281. The third-order valence-electron chi connectivity index (χ3n) is 1.82. The lowest BCUT2D eigenvalue weighted by Gasteiger charge is -1.95. The molecule has 0 saturated carbocycles. The predicted octanol–water partition coefficient (Wildman–Crippen LogP) is 3.24. The number of carbonyl (C=O) groups excluding carboxylic acids is 1. The molecule has 0 aromatic carbocycles. The Labute approximate surface area is 99.2 Å². The first-order valence-electron chi connectivity index (χ1n) is 4.43. The van der Waals surface area contributed by atoms with Gasteiger partial charge in [0.1, 0.15) is 9.71 Å². The van der Waals surface area contributed by atoms with E-state index >= 15 is 0 Å². The van der Waals surface area contributed by atoms with Gasteiger partial charge in [-0.3, -0.25) is 0 Å². The third-order valence-corrected chi connectivity index (χ3v) is 3.29. The van der Waals surface area contributed by atoms with Crippen molar-refractivity contribution in [3.63, 3.8) is 0 Å². The number of esters is 1. The first kappa shape index (κ1) is 10.6. The maximum absolute atomic E-state index is 11.4. The largest absolute Gasteiger partial charge is 0.462 e. The molecule has 0 radical (unpaired) electrons. The molecule has 0 amide bonds. The average Bonchev–Trinajstić information content (AvgIpc) is 2.60. The van der Waals surface area contributed by atoms with Crippen LogP contribution in [0.5, 0.6) is 0 Å². The molecule has 2 aromatic rings. The van der Waals surface area contributed by atoms with Gasteiger partial charge < -0.3 is 4.74 Å². The van der Waals surface area contributed by atoms with E-state index in [1.807, 2.05) is 6.07 Å². The van der Waals surface area contributed by atoms with Crippen LogP contribution in [-0.2, 0) is 4.74 Å². The lowest BCUT2D eigenvalue weighted by Crippen LogP contribution is -2.01. The zero-order chi connectivity index (χ0) is 10.8. The van der Waals surface area contributed by atoms with Crippen molar-refractivity contribution in [2.75, 3.05) is 6.61 Å². The fourth-order valence-electron chi connectivity index (χ4n) is 1.21. The quantitative estimate of drug-likeness (QED) is 0.796. The molecule has 2 heterocycles. The predicted molar refractivity (Wildman–Crippen MR) is 63.3 cm³/mol. The fraction of sp³-hybridized carbons (Fsp3) is 0.200. The van der Waals surface area contributed by atoms with Crippen LogP contribution in [0.3, 0.4) is 0 Å². The SMILES string of the molecule is CCOC(=O)c1cc2cc(Br)cnc2s1. The van der Waals surface area contributed by atoms with Crippen LogP contribution in [0.15, 0.2) is 22.8 Å². The van der Waals surface area contributed by atoms with Gasteiger partial charge in [0.15, 0.2) is 0 Å². The fourth-order valence-corrected chi connectivity index (χ4v) is 2.44. The van der Waals surface area contributed by atoms with Crippen LogP contribution in [0.2, 0.25) is 0 Å². The Balaban J connectivity index is 2.42. The van der Waals surface area contributed by atoms with Crippen LogP contribution < -0.4 is 0 Å². The molecule has 5 heteroatoms. The molecular weight excluding hydrogens is 278 g/mol. The van der Waals surface area contributed by atoms with Gasteiger partial charge in [0, 0.05) is 16.1 Å². The highest BCUT2D eigenvalue weighted by Crippen LogP contribution is 2.26. The van der Waals surface area contributed by atoms with E-state index in [4.69, 9.17) is 4.74 Å². The number of hydrogen-bond donors (Lipinski definition) is 0. The monoisotopic (exact) mass is 285 g/mol. The van der Waals surface area contributed by atoms with Gasteiger partial charge in [-0.25, -0.2) is 9.78 Å². The van der Waals surface area contributed by atoms with E-state index in [1.54, 1.807) is 19.2 Å². The second kappa shape index (κ2) is 4.28. The van der Waals surface area contributed by atoms with E-state index in [0.717, 1.165) is 14.7 Å². The molecule has 2 rings (SSSR count). The molecule has 0 aliphatic rings. The summed E-state index contributed by atoms with van der Waals surface area (Å²) in [5, 5.41) is 0.956. The number of fused-ring (bicyclic) bond motifs is 1. The van der Waals surface area contributed by atoms with Gasteiger partial charge in [-0.1, -0.05) is 0 Å². The van der Waals surface area contributed by atoms with Crippen LogP contribution >= 0.6 is 27.3 Å². The van der Waals surface area contributed by atoms with Crippen molar-refractivity contribution >= 4 is 43.5 Å². The van der Waals surface area contributed by atoms with Gasteiger partial charge in [-0.15, -0.1) is 11.3 Å². The van der Waals surface area contributed by atoms with Crippen molar-refractivity contribution in [3.05, 3.63) is 27.7 Å². The summed E-state index contributed by atoms with van der Waals surface area (Å²) in [5.41, 5.74) is 0. The molecule has 15 heavy (non-hydrogen) atoms. The van der Waals surface area contributed by atoms with E-state index < -0.39 is 0 Å². The normalized spacial score (nSPS) is 10.5. The zero-order valence-corrected chi connectivity index (χ0v) is 10.4. The van der Waals surface area contributed by atoms with E-state index in [-0.39, 0.29) is 5.97 Å². The van der Waals surface area contributed by atoms with Crippen LogP contribution in [0.1, 0.15) is 16.6 Å². The van der Waals surface area contributed by atoms with Crippen molar-refractivity contribution < 1.29 is 9.53 Å². The summed E-state index contributed by atoms with van der Waals surface area (Å²) >= 11 is 4.68. The Hall–Kier alpha value is -0.940. The number of carbonyl (C=O) groups is 1. The topological polar surface area (TPSA) is 39.2 Å². The molecule has 0 unspecified atom stereocenters. The highest BCUT2D eigenvalue weighted by molar-refractivity contribution is 9.10. The highest BCUT2D eigenvalue weighted by Gasteiger charge is 2.11. The maximum atomic E-state index is 11.4. The minimum absolute atomic E-state index is 0.281.